The van der Waals surface area contributed by atoms with Crippen LogP contribution in [-0.4, -0.2) is 52.4 Å². The van der Waals surface area contributed by atoms with Gasteiger partial charge in [-0.3, -0.25) is 14.4 Å². The highest BCUT2D eigenvalue weighted by atomic mass is 16.6. The molecule has 2 atom stereocenters. The van der Waals surface area contributed by atoms with E-state index >= 15 is 0 Å². The van der Waals surface area contributed by atoms with E-state index in [2.05, 4.69) is 10.6 Å². The molecule has 0 radical (unpaired) electrons. The van der Waals surface area contributed by atoms with Crippen molar-refractivity contribution in [2.45, 2.75) is 111 Å². The first-order valence-corrected chi connectivity index (χ1v) is 13.0. The SMILES string of the molecule is CCCCNC(=O)C(c1ccc(C)cc1C)N(C(=O)C(CC(N)=O)NC(=O)OC(C)(C)C)C(C)(C)CC. The van der Waals surface area contributed by atoms with E-state index in [0.29, 0.717) is 18.5 Å². The molecule has 0 aliphatic rings. The molecule has 1 aromatic carbocycles. The number of carbonyl (C=O) groups is 4. The maximum absolute atomic E-state index is 14.2. The summed E-state index contributed by atoms with van der Waals surface area (Å²) in [6.45, 7) is 17.1. The Hall–Kier alpha value is -3.10. The van der Waals surface area contributed by atoms with Crippen molar-refractivity contribution < 1.29 is 23.9 Å². The molecular formula is C28H46N4O5. The molecule has 0 aliphatic carbocycles. The fraction of sp³-hybridized carbons (Fsp3) is 0.643. The predicted molar refractivity (Wildman–Crippen MR) is 145 cm³/mol. The average Bonchev–Trinajstić information content (AvgIpc) is 2.75. The number of nitrogens with one attached hydrogen (secondary N) is 2. The van der Waals surface area contributed by atoms with Crippen LogP contribution in [0.2, 0.25) is 0 Å². The quantitative estimate of drug-likeness (QED) is 0.359. The second kappa shape index (κ2) is 13.4. The molecule has 4 N–H and O–H groups in total. The maximum atomic E-state index is 14.2. The zero-order valence-corrected chi connectivity index (χ0v) is 24.0. The first-order valence-electron chi connectivity index (χ1n) is 13.0. The number of hydrogen-bond acceptors (Lipinski definition) is 5. The van der Waals surface area contributed by atoms with Crippen LogP contribution in [0.15, 0.2) is 18.2 Å². The number of aryl methyl sites for hydroxylation is 2. The molecule has 1 aromatic rings. The third-order valence-electron chi connectivity index (χ3n) is 6.21. The van der Waals surface area contributed by atoms with Gasteiger partial charge in [0, 0.05) is 12.1 Å². The van der Waals surface area contributed by atoms with E-state index < -0.39 is 47.6 Å². The molecule has 0 saturated heterocycles. The molecule has 0 bridgehead atoms. The maximum Gasteiger partial charge on any atom is 0.408 e. The van der Waals surface area contributed by atoms with Crippen molar-refractivity contribution in [1.29, 1.82) is 0 Å². The van der Waals surface area contributed by atoms with Crippen LogP contribution in [-0.2, 0) is 19.1 Å². The minimum Gasteiger partial charge on any atom is -0.444 e. The fourth-order valence-corrected chi connectivity index (χ4v) is 3.98. The lowest BCUT2D eigenvalue weighted by Crippen LogP contribution is -2.60. The summed E-state index contributed by atoms with van der Waals surface area (Å²) in [5.74, 6) is -1.68. The summed E-state index contributed by atoms with van der Waals surface area (Å²) in [6, 6.07) is 3.41. The summed E-state index contributed by atoms with van der Waals surface area (Å²) in [5, 5.41) is 5.49. The van der Waals surface area contributed by atoms with Gasteiger partial charge in [-0.25, -0.2) is 4.79 Å². The summed E-state index contributed by atoms with van der Waals surface area (Å²) < 4.78 is 5.33. The van der Waals surface area contributed by atoms with Crippen molar-refractivity contribution in [2.24, 2.45) is 5.73 Å². The Kier molecular flexibility index (Phi) is 11.6. The van der Waals surface area contributed by atoms with E-state index in [1.165, 1.54) is 4.90 Å². The Morgan fingerprint density at radius 3 is 2.16 bits per heavy atom. The number of nitrogens with zero attached hydrogens (tertiary/aromatic N) is 1. The Balaban J connectivity index is 3.68. The highest BCUT2D eigenvalue weighted by molar-refractivity contribution is 5.95. The van der Waals surface area contributed by atoms with Crippen molar-refractivity contribution in [3.63, 3.8) is 0 Å². The third kappa shape index (κ3) is 9.70. The Labute approximate surface area is 221 Å². The lowest BCUT2D eigenvalue weighted by molar-refractivity contribution is -0.150. The third-order valence-corrected chi connectivity index (χ3v) is 6.21. The molecule has 208 valence electrons. The zero-order chi connectivity index (χ0) is 28.6. The van der Waals surface area contributed by atoms with E-state index in [1.807, 2.05) is 59.7 Å². The average molecular weight is 519 g/mol. The highest BCUT2D eigenvalue weighted by Gasteiger charge is 2.43. The molecule has 0 aliphatic heterocycles. The van der Waals surface area contributed by atoms with Crippen LogP contribution in [0.5, 0.6) is 0 Å². The number of carbonyl (C=O) groups excluding carboxylic acids is 4. The van der Waals surface area contributed by atoms with Gasteiger partial charge in [-0.1, -0.05) is 44.0 Å². The van der Waals surface area contributed by atoms with Crippen LogP contribution >= 0.6 is 0 Å². The summed E-state index contributed by atoms with van der Waals surface area (Å²) in [6.07, 6.45) is 0.916. The molecule has 1 rings (SSSR count). The van der Waals surface area contributed by atoms with Gasteiger partial charge in [-0.2, -0.15) is 0 Å². The van der Waals surface area contributed by atoms with Crippen molar-refractivity contribution in [2.75, 3.05) is 6.54 Å². The van der Waals surface area contributed by atoms with Crippen LogP contribution in [0.25, 0.3) is 0 Å². The molecule has 0 fully saturated rings. The topological polar surface area (TPSA) is 131 Å². The van der Waals surface area contributed by atoms with Crippen LogP contribution in [0.1, 0.15) is 96.9 Å². The van der Waals surface area contributed by atoms with Crippen molar-refractivity contribution in [1.82, 2.24) is 15.5 Å². The fourth-order valence-electron chi connectivity index (χ4n) is 3.98. The van der Waals surface area contributed by atoms with Gasteiger partial charge in [0.15, 0.2) is 0 Å². The van der Waals surface area contributed by atoms with Gasteiger partial charge in [-0.05, 0) is 72.4 Å². The van der Waals surface area contributed by atoms with Gasteiger partial charge in [-0.15, -0.1) is 0 Å². The number of amides is 4. The standard InChI is InChI=1S/C28H46N4O5/c1-10-12-15-30-24(34)23(20-14-13-18(3)16-19(20)4)32(28(8,9)11-2)25(35)21(17-22(29)33)31-26(36)37-27(5,6)7/h13-14,16,21,23H,10-12,15,17H2,1-9H3,(H2,29,33)(H,30,34)(H,31,36). The van der Waals surface area contributed by atoms with Gasteiger partial charge in [0.2, 0.25) is 17.7 Å². The van der Waals surface area contributed by atoms with E-state index in [1.54, 1.807) is 20.8 Å². The molecule has 0 saturated carbocycles. The number of ether oxygens (including phenoxy) is 1. The minimum atomic E-state index is -1.31. The van der Waals surface area contributed by atoms with E-state index in [4.69, 9.17) is 10.5 Å². The van der Waals surface area contributed by atoms with E-state index in [9.17, 15) is 19.2 Å². The first-order chi connectivity index (χ1) is 17.0. The van der Waals surface area contributed by atoms with Gasteiger partial charge >= 0.3 is 6.09 Å². The van der Waals surface area contributed by atoms with Crippen molar-refractivity contribution in [3.8, 4) is 0 Å². The van der Waals surface area contributed by atoms with Gasteiger partial charge in [0.05, 0.1) is 6.42 Å². The second-order valence-corrected chi connectivity index (χ2v) is 11.2. The molecule has 4 amide bonds. The van der Waals surface area contributed by atoms with Crippen LogP contribution in [0.4, 0.5) is 4.79 Å². The Bertz CT molecular complexity index is 968. The number of alkyl carbamates (subject to hydrolysis) is 1. The number of benzene rings is 1. The minimum absolute atomic E-state index is 0.328. The van der Waals surface area contributed by atoms with Gasteiger partial charge in [0.25, 0.3) is 0 Å². The number of unbranched alkanes of at least 4 members (excludes halogenated alkanes) is 1. The summed E-state index contributed by atoms with van der Waals surface area (Å²) in [4.78, 5) is 53.9. The number of hydrogen-bond donors (Lipinski definition) is 3. The van der Waals surface area contributed by atoms with Crippen molar-refractivity contribution in [3.05, 3.63) is 34.9 Å². The van der Waals surface area contributed by atoms with Crippen molar-refractivity contribution >= 4 is 23.8 Å². The molecule has 0 spiro atoms. The Morgan fingerprint density at radius 1 is 1.05 bits per heavy atom. The van der Waals surface area contributed by atoms with E-state index in [0.717, 1.165) is 24.0 Å². The monoisotopic (exact) mass is 518 g/mol. The molecule has 9 nitrogen and oxygen atoms in total. The zero-order valence-electron chi connectivity index (χ0n) is 24.0. The molecular weight excluding hydrogens is 472 g/mol. The summed E-state index contributed by atoms with van der Waals surface area (Å²) >= 11 is 0. The van der Waals surface area contributed by atoms with Gasteiger partial charge < -0.3 is 26.0 Å². The Morgan fingerprint density at radius 2 is 1.68 bits per heavy atom. The summed E-state index contributed by atoms with van der Waals surface area (Å²) in [7, 11) is 0. The van der Waals surface area contributed by atoms with Gasteiger partial charge in [0.1, 0.15) is 17.7 Å². The smallest absolute Gasteiger partial charge is 0.408 e. The first kappa shape index (κ1) is 31.9. The number of primary amides is 1. The summed E-state index contributed by atoms with van der Waals surface area (Å²) in [5.41, 5.74) is 6.39. The molecule has 0 aromatic heterocycles. The van der Waals surface area contributed by atoms with Crippen LogP contribution in [0.3, 0.4) is 0 Å². The highest BCUT2D eigenvalue weighted by Crippen LogP contribution is 2.34. The largest absolute Gasteiger partial charge is 0.444 e. The van der Waals surface area contributed by atoms with Crippen LogP contribution < -0.4 is 16.4 Å². The number of nitrogens with two attached hydrogens (primary N) is 1. The molecule has 2 unspecified atom stereocenters. The predicted octanol–water partition coefficient (Wildman–Crippen LogP) is 4.05. The second-order valence-electron chi connectivity index (χ2n) is 11.2. The molecule has 9 heteroatoms. The lowest BCUT2D eigenvalue weighted by Gasteiger charge is -2.45. The molecule has 0 heterocycles. The van der Waals surface area contributed by atoms with Crippen LogP contribution in [0, 0.1) is 13.8 Å². The lowest BCUT2D eigenvalue weighted by atomic mass is 9.89. The van der Waals surface area contributed by atoms with E-state index in [-0.39, 0.29) is 5.91 Å². The number of rotatable bonds is 12. The normalized spacial score (nSPS) is 13.3. The molecule has 37 heavy (non-hydrogen) atoms.